The highest BCUT2D eigenvalue weighted by Gasteiger charge is 2.37. The summed E-state index contributed by atoms with van der Waals surface area (Å²) in [5.41, 5.74) is 0.0853. The summed E-state index contributed by atoms with van der Waals surface area (Å²) >= 11 is 0. The Balaban J connectivity index is 2.40. The Morgan fingerprint density at radius 2 is 2.08 bits per heavy atom. The summed E-state index contributed by atoms with van der Waals surface area (Å²) in [4.78, 5) is 0. The molecule has 0 aliphatic carbocycles. The molecule has 1 aliphatic heterocycles. The van der Waals surface area contributed by atoms with E-state index in [2.05, 4.69) is 0 Å². The number of hydrogen-bond acceptors (Lipinski definition) is 3. The third-order valence-electron chi connectivity index (χ3n) is 2.44. The molecule has 0 bridgehead atoms. The van der Waals surface area contributed by atoms with Crippen molar-refractivity contribution in [1.82, 2.24) is 0 Å². The highest BCUT2D eigenvalue weighted by Crippen LogP contribution is 2.35. The molecule has 1 fully saturated rings. The zero-order valence-electron chi connectivity index (χ0n) is 7.05. The molecule has 5 heteroatoms. The van der Waals surface area contributed by atoms with Crippen LogP contribution in [-0.4, -0.2) is 27.4 Å². The van der Waals surface area contributed by atoms with Gasteiger partial charge in [-0.2, -0.15) is 0 Å². The van der Waals surface area contributed by atoms with Gasteiger partial charge in [0.05, 0.1) is 19.0 Å². The van der Waals surface area contributed by atoms with Gasteiger partial charge in [0.15, 0.2) is 0 Å². The van der Waals surface area contributed by atoms with Crippen LogP contribution >= 0.6 is 10.7 Å². The van der Waals surface area contributed by atoms with E-state index in [9.17, 15) is 8.42 Å². The lowest BCUT2D eigenvalue weighted by atomic mass is 9.81. The summed E-state index contributed by atoms with van der Waals surface area (Å²) in [6.45, 7) is 3.40. The molecule has 0 aromatic carbocycles. The molecule has 0 N–H and O–H groups in total. The van der Waals surface area contributed by atoms with Crippen molar-refractivity contribution in [2.45, 2.75) is 19.8 Å². The lowest BCUT2D eigenvalue weighted by Gasteiger charge is -2.40. The van der Waals surface area contributed by atoms with Crippen LogP contribution in [0.15, 0.2) is 0 Å². The van der Waals surface area contributed by atoms with Crippen molar-refractivity contribution in [3.05, 3.63) is 0 Å². The summed E-state index contributed by atoms with van der Waals surface area (Å²) in [5, 5.41) is 0. The second kappa shape index (κ2) is 3.52. The first-order chi connectivity index (χ1) is 5.47. The van der Waals surface area contributed by atoms with Gasteiger partial charge in [-0.25, -0.2) is 8.42 Å². The van der Waals surface area contributed by atoms with E-state index >= 15 is 0 Å². The summed E-state index contributed by atoms with van der Waals surface area (Å²) in [6.07, 6.45) is 1.58. The van der Waals surface area contributed by atoms with Gasteiger partial charge in [-0.05, 0) is 12.8 Å². The van der Waals surface area contributed by atoms with E-state index in [4.69, 9.17) is 15.4 Å². The van der Waals surface area contributed by atoms with Crippen molar-refractivity contribution < 1.29 is 13.2 Å². The minimum atomic E-state index is -3.33. The van der Waals surface area contributed by atoms with E-state index < -0.39 is 9.05 Å². The van der Waals surface area contributed by atoms with E-state index in [-0.39, 0.29) is 11.2 Å². The predicted molar refractivity (Wildman–Crippen MR) is 47.8 cm³/mol. The lowest BCUT2D eigenvalue weighted by molar-refractivity contribution is -0.116. The van der Waals surface area contributed by atoms with Crippen molar-refractivity contribution >= 4 is 19.7 Å². The molecule has 0 spiro atoms. The molecule has 0 aromatic rings. The first-order valence-electron chi connectivity index (χ1n) is 3.97. The molecule has 1 saturated heterocycles. The van der Waals surface area contributed by atoms with Gasteiger partial charge in [0.25, 0.3) is 0 Å². The third kappa shape index (κ3) is 2.61. The van der Waals surface area contributed by atoms with Crippen LogP contribution in [0.5, 0.6) is 0 Å². The highest BCUT2D eigenvalue weighted by atomic mass is 35.7. The molecule has 72 valence electrons. The van der Waals surface area contributed by atoms with Crippen LogP contribution in [0.2, 0.25) is 0 Å². The Labute approximate surface area is 77.5 Å². The minimum absolute atomic E-state index is 0.0613. The van der Waals surface area contributed by atoms with Crippen LogP contribution in [0.25, 0.3) is 0 Å². The first-order valence-corrected chi connectivity index (χ1v) is 6.45. The van der Waals surface area contributed by atoms with Gasteiger partial charge in [0.2, 0.25) is 9.05 Å². The molecule has 0 atom stereocenters. The summed E-state index contributed by atoms with van der Waals surface area (Å²) in [6, 6.07) is 0. The average Bonchev–Trinajstić information content (AvgIpc) is 1.84. The Morgan fingerprint density at radius 1 is 1.50 bits per heavy atom. The van der Waals surface area contributed by atoms with Crippen molar-refractivity contribution in [3.8, 4) is 0 Å². The van der Waals surface area contributed by atoms with Gasteiger partial charge >= 0.3 is 0 Å². The van der Waals surface area contributed by atoms with Crippen LogP contribution in [0.4, 0.5) is 0 Å². The maximum absolute atomic E-state index is 10.7. The van der Waals surface area contributed by atoms with Gasteiger partial charge < -0.3 is 4.74 Å². The molecule has 0 aromatic heterocycles. The molecule has 1 aliphatic rings. The smallest absolute Gasteiger partial charge is 0.232 e. The molecule has 3 nitrogen and oxygen atoms in total. The van der Waals surface area contributed by atoms with Gasteiger partial charge in [-0.15, -0.1) is 0 Å². The van der Waals surface area contributed by atoms with Crippen LogP contribution in [0.1, 0.15) is 19.8 Å². The predicted octanol–water partition coefficient (Wildman–Crippen LogP) is 1.37. The third-order valence-corrected chi connectivity index (χ3v) is 3.60. The maximum atomic E-state index is 10.7. The van der Waals surface area contributed by atoms with Gasteiger partial charge in [-0.3, -0.25) is 0 Å². The molecule has 0 saturated carbocycles. The van der Waals surface area contributed by atoms with Crippen molar-refractivity contribution in [3.63, 3.8) is 0 Å². The molecule has 1 heterocycles. The van der Waals surface area contributed by atoms with Crippen molar-refractivity contribution in [2.24, 2.45) is 5.41 Å². The van der Waals surface area contributed by atoms with E-state index in [0.29, 0.717) is 19.6 Å². The number of ether oxygens (including phenoxy) is 1. The van der Waals surface area contributed by atoms with Gasteiger partial charge in [0.1, 0.15) is 0 Å². The second-order valence-electron chi connectivity index (χ2n) is 3.34. The minimum Gasteiger partial charge on any atom is -0.380 e. The Hall–Kier alpha value is 0.200. The molecule has 1 rings (SSSR count). The summed E-state index contributed by atoms with van der Waals surface area (Å²) in [5.74, 6) is 0.0613. The average molecular weight is 213 g/mol. The van der Waals surface area contributed by atoms with Gasteiger partial charge in [-0.1, -0.05) is 6.92 Å². The molecule has 0 unspecified atom stereocenters. The fourth-order valence-corrected chi connectivity index (χ4v) is 2.16. The molecular formula is C7H13ClO3S. The van der Waals surface area contributed by atoms with Crippen LogP contribution < -0.4 is 0 Å². The van der Waals surface area contributed by atoms with E-state index in [0.717, 1.165) is 6.42 Å². The molecule has 0 amide bonds. The SMILES string of the molecule is CCC1(CCS(=O)(=O)Cl)COC1. The highest BCUT2D eigenvalue weighted by molar-refractivity contribution is 8.13. The van der Waals surface area contributed by atoms with Crippen molar-refractivity contribution in [2.75, 3.05) is 19.0 Å². The quantitative estimate of drug-likeness (QED) is 0.662. The normalized spacial score (nSPS) is 21.8. The largest absolute Gasteiger partial charge is 0.380 e. The zero-order chi connectivity index (χ0) is 9.24. The van der Waals surface area contributed by atoms with E-state index in [1.54, 1.807) is 0 Å². The number of rotatable bonds is 4. The monoisotopic (exact) mass is 212 g/mol. The molecular weight excluding hydrogens is 200 g/mol. The van der Waals surface area contributed by atoms with Gasteiger partial charge in [0, 0.05) is 16.1 Å². The zero-order valence-corrected chi connectivity index (χ0v) is 8.62. The molecule has 12 heavy (non-hydrogen) atoms. The maximum Gasteiger partial charge on any atom is 0.232 e. The van der Waals surface area contributed by atoms with E-state index in [1.807, 2.05) is 6.92 Å². The topological polar surface area (TPSA) is 43.4 Å². The Bertz CT molecular complexity index is 238. The van der Waals surface area contributed by atoms with Crippen LogP contribution in [0.3, 0.4) is 0 Å². The number of halogens is 1. The Morgan fingerprint density at radius 3 is 2.33 bits per heavy atom. The standard InChI is InChI=1S/C7H13ClO3S/c1-2-7(5-11-6-7)3-4-12(8,9)10/h2-6H2,1H3. The fourth-order valence-electron chi connectivity index (χ4n) is 1.25. The fraction of sp³-hybridized carbons (Fsp3) is 1.00. The summed E-state index contributed by atoms with van der Waals surface area (Å²) in [7, 11) is 1.78. The Kier molecular flexibility index (Phi) is 3.01. The molecule has 0 radical (unpaired) electrons. The van der Waals surface area contributed by atoms with Crippen LogP contribution in [-0.2, 0) is 13.8 Å². The summed E-state index contributed by atoms with van der Waals surface area (Å²) < 4.78 is 26.4. The first kappa shape index (κ1) is 10.3. The van der Waals surface area contributed by atoms with Crippen molar-refractivity contribution in [1.29, 1.82) is 0 Å². The number of hydrogen-bond donors (Lipinski definition) is 0. The second-order valence-corrected chi connectivity index (χ2v) is 6.24. The van der Waals surface area contributed by atoms with E-state index in [1.165, 1.54) is 0 Å². The van der Waals surface area contributed by atoms with Crippen LogP contribution in [0, 0.1) is 5.41 Å². The lowest BCUT2D eigenvalue weighted by Crippen LogP contribution is -2.43.